The van der Waals surface area contributed by atoms with Crippen molar-refractivity contribution < 1.29 is 18.3 Å². The van der Waals surface area contributed by atoms with E-state index in [-0.39, 0.29) is 24.2 Å². The van der Waals surface area contributed by atoms with Crippen LogP contribution in [-0.2, 0) is 21.9 Å². The molecule has 0 aromatic carbocycles. The summed E-state index contributed by atoms with van der Waals surface area (Å²) in [5, 5.41) is 9.81. The second-order valence-corrected chi connectivity index (χ2v) is 8.80. The SMILES string of the molecule is Cc1nc(S(=O)(=O)N2CC[C@@]3(C(=O)O)CCCN(C)[C@@H]3C2)cn1C. The first kappa shape index (κ1) is 17.4. The Morgan fingerprint density at radius 3 is 2.62 bits per heavy atom. The summed E-state index contributed by atoms with van der Waals surface area (Å²) in [6.07, 6.45) is 3.27. The van der Waals surface area contributed by atoms with Gasteiger partial charge in [-0.1, -0.05) is 0 Å². The second-order valence-electron chi connectivity index (χ2n) is 6.91. The van der Waals surface area contributed by atoms with E-state index in [1.54, 1.807) is 18.5 Å². The molecule has 2 aliphatic rings. The van der Waals surface area contributed by atoms with Gasteiger partial charge in [-0.2, -0.15) is 4.31 Å². The molecular formula is C15H24N4O4S. The molecule has 2 aliphatic heterocycles. The standard InChI is InChI=1S/C15H24N4O4S/c1-11-16-13(10-18(11)3)24(22,23)19-8-6-15(14(20)21)5-4-7-17(2)12(15)9-19/h10,12H,4-9H2,1-3H3,(H,20,21)/t12-,15+/m1/s1. The molecule has 1 aromatic heterocycles. The third-order valence-corrected chi connectivity index (χ3v) is 7.34. The van der Waals surface area contributed by atoms with Crippen LogP contribution in [0.2, 0.25) is 0 Å². The molecule has 0 bridgehead atoms. The number of imidazole rings is 1. The average Bonchev–Trinajstić information content (AvgIpc) is 2.87. The molecule has 2 atom stereocenters. The predicted octanol–water partition coefficient (Wildman–Crippen LogP) is 0.288. The number of rotatable bonds is 3. The normalized spacial score (nSPS) is 29.4. The van der Waals surface area contributed by atoms with E-state index in [1.165, 1.54) is 10.5 Å². The smallest absolute Gasteiger partial charge is 0.311 e. The molecular weight excluding hydrogens is 332 g/mol. The van der Waals surface area contributed by atoms with E-state index in [1.807, 2.05) is 11.9 Å². The minimum Gasteiger partial charge on any atom is -0.481 e. The lowest BCUT2D eigenvalue weighted by Gasteiger charge is -2.51. The summed E-state index contributed by atoms with van der Waals surface area (Å²) in [6.45, 7) is 2.95. The summed E-state index contributed by atoms with van der Waals surface area (Å²) >= 11 is 0. The summed E-state index contributed by atoms with van der Waals surface area (Å²) in [5.41, 5.74) is -0.848. The summed E-state index contributed by atoms with van der Waals surface area (Å²) in [4.78, 5) is 18.0. The van der Waals surface area contributed by atoms with Crippen LogP contribution in [0, 0.1) is 12.3 Å². The maximum absolute atomic E-state index is 12.9. The molecule has 0 saturated carbocycles. The van der Waals surface area contributed by atoms with E-state index in [0.717, 1.165) is 13.0 Å². The van der Waals surface area contributed by atoms with Crippen LogP contribution in [0.15, 0.2) is 11.2 Å². The number of likely N-dealkylation sites (N-methyl/N-ethyl adjacent to an activating group) is 1. The van der Waals surface area contributed by atoms with Crippen molar-refractivity contribution in [3.8, 4) is 0 Å². The zero-order chi connectivity index (χ0) is 17.7. The number of aliphatic carboxylic acids is 1. The Balaban J connectivity index is 1.91. The highest BCUT2D eigenvalue weighted by Crippen LogP contribution is 2.43. The number of hydrogen-bond donors (Lipinski definition) is 1. The van der Waals surface area contributed by atoms with Crippen LogP contribution >= 0.6 is 0 Å². The molecule has 2 saturated heterocycles. The molecule has 2 fully saturated rings. The van der Waals surface area contributed by atoms with Gasteiger partial charge in [0.1, 0.15) is 5.82 Å². The third-order valence-electron chi connectivity index (χ3n) is 5.60. The highest BCUT2D eigenvalue weighted by molar-refractivity contribution is 7.89. The Bertz CT molecular complexity index is 740. The molecule has 24 heavy (non-hydrogen) atoms. The molecule has 134 valence electrons. The van der Waals surface area contributed by atoms with Crippen molar-refractivity contribution in [3.05, 3.63) is 12.0 Å². The second kappa shape index (κ2) is 5.82. The number of aromatic nitrogens is 2. The van der Waals surface area contributed by atoms with Crippen LogP contribution in [0.1, 0.15) is 25.1 Å². The van der Waals surface area contributed by atoms with Crippen molar-refractivity contribution in [1.29, 1.82) is 0 Å². The van der Waals surface area contributed by atoms with Crippen LogP contribution in [0.5, 0.6) is 0 Å². The third kappa shape index (κ3) is 2.55. The van der Waals surface area contributed by atoms with Crippen LogP contribution < -0.4 is 0 Å². The van der Waals surface area contributed by atoms with Gasteiger partial charge in [0.05, 0.1) is 5.41 Å². The molecule has 9 heteroatoms. The Morgan fingerprint density at radius 2 is 2.04 bits per heavy atom. The largest absolute Gasteiger partial charge is 0.481 e. The van der Waals surface area contributed by atoms with Gasteiger partial charge in [-0.15, -0.1) is 0 Å². The molecule has 0 amide bonds. The van der Waals surface area contributed by atoms with Gasteiger partial charge in [0.25, 0.3) is 10.0 Å². The molecule has 3 heterocycles. The predicted molar refractivity (Wildman–Crippen MR) is 87.0 cm³/mol. The first-order valence-electron chi connectivity index (χ1n) is 8.12. The lowest BCUT2D eigenvalue weighted by atomic mass is 9.69. The van der Waals surface area contributed by atoms with E-state index < -0.39 is 21.4 Å². The number of hydrogen-bond acceptors (Lipinski definition) is 5. The van der Waals surface area contributed by atoms with Gasteiger partial charge in [-0.25, -0.2) is 13.4 Å². The molecule has 0 spiro atoms. The molecule has 0 radical (unpaired) electrons. The minimum absolute atomic E-state index is 0.0313. The van der Waals surface area contributed by atoms with Gasteiger partial charge in [0.2, 0.25) is 0 Å². The van der Waals surface area contributed by atoms with Gasteiger partial charge in [-0.05, 0) is 39.8 Å². The molecule has 0 aliphatic carbocycles. The number of likely N-dealkylation sites (tertiary alicyclic amines) is 1. The number of aryl methyl sites for hydroxylation is 2. The number of sulfonamides is 1. The van der Waals surface area contributed by atoms with E-state index in [2.05, 4.69) is 4.98 Å². The molecule has 1 N–H and O–H groups in total. The summed E-state index contributed by atoms with van der Waals surface area (Å²) < 4.78 is 28.8. The number of piperidine rings is 2. The van der Waals surface area contributed by atoms with E-state index in [4.69, 9.17) is 0 Å². The van der Waals surface area contributed by atoms with Gasteiger partial charge in [0, 0.05) is 32.4 Å². The Hall–Kier alpha value is -1.45. The van der Waals surface area contributed by atoms with Gasteiger partial charge >= 0.3 is 5.97 Å². The van der Waals surface area contributed by atoms with Gasteiger partial charge < -0.3 is 14.6 Å². The van der Waals surface area contributed by atoms with Crippen LogP contribution in [0.25, 0.3) is 0 Å². The Morgan fingerprint density at radius 1 is 1.33 bits per heavy atom. The van der Waals surface area contributed by atoms with E-state index in [9.17, 15) is 18.3 Å². The number of carboxylic acid groups (broad SMARTS) is 1. The van der Waals surface area contributed by atoms with Crippen LogP contribution in [0.4, 0.5) is 0 Å². The summed E-state index contributed by atoms with van der Waals surface area (Å²) in [6, 6.07) is -0.308. The Labute approximate surface area is 142 Å². The molecule has 1 aromatic rings. The topological polar surface area (TPSA) is 95.7 Å². The first-order valence-corrected chi connectivity index (χ1v) is 9.56. The van der Waals surface area contributed by atoms with Crippen LogP contribution in [-0.4, -0.2) is 71.0 Å². The molecule has 3 rings (SSSR count). The number of fused-ring (bicyclic) bond motifs is 1. The van der Waals surface area contributed by atoms with Crippen molar-refractivity contribution in [2.24, 2.45) is 12.5 Å². The van der Waals surface area contributed by atoms with Crippen molar-refractivity contribution in [3.63, 3.8) is 0 Å². The minimum atomic E-state index is -3.71. The fourth-order valence-corrected chi connectivity index (χ4v) is 5.43. The van der Waals surface area contributed by atoms with Crippen molar-refractivity contribution in [1.82, 2.24) is 18.8 Å². The maximum Gasteiger partial charge on any atom is 0.311 e. The number of carboxylic acids is 1. The van der Waals surface area contributed by atoms with Crippen molar-refractivity contribution in [2.75, 3.05) is 26.7 Å². The highest BCUT2D eigenvalue weighted by atomic mass is 32.2. The average molecular weight is 356 g/mol. The number of nitrogens with zero attached hydrogens (tertiary/aromatic N) is 4. The molecule has 0 unspecified atom stereocenters. The monoisotopic (exact) mass is 356 g/mol. The van der Waals surface area contributed by atoms with Crippen molar-refractivity contribution in [2.45, 2.75) is 37.3 Å². The highest BCUT2D eigenvalue weighted by Gasteiger charge is 2.54. The fourth-order valence-electron chi connectivity index (χ4n) is 3.96. The lowest BCUT2D eigenvalue weighted by Crippen LogP contribution is -2.63. The van der Waals surface area contributed by atoms with Crippen LogP contribution in [0.3, 0.4) is 0 Å². The van der Waals surface area contributed by atoms with Crippen molar-refractivity contribution >= 4 is 16.0 Å². The quantitative estimate of drug-likeness (QED) is 0.836. The maximum atomic E-state index is 12.9. The zero-order valence-corrected chi connectivity index (χ0v) is 15.1. The number of carbonyl (C=O) groups is 1. The van der Waals surface area contributed by atoms with Gasteiger partial charge in [0.15, 0.2) is 5.03 Å². The summed E-state index contributed by atoms with van der Waals surface area (Å²) in [7, 11) is -0.0789. The Kier molecular flexibility index (Phi) is 4.21. The first-order chi connectivity index (χ1) is 11.2. The zero-order valence-electron chi connectivity index (χ0n) is 14.3. The summed E-state index contributed by atoms with van der Waals surface area (Å²) in [5.74, 6) is -0.190. The van der Waals surface area contributed by atoms with Gasteiger partial charge in [-0.3, -0.25) is 4.79 Å². The lowest BCUT2D eigenvalue weighted by molar-refractivity contribution is -0.160. The van der Waals surface area contributed by atoms with E-state index >= 15 is 0 Å². The van der Waals surface area contributed by atoms with E-state index in [0.29, 0.717) is 18.7 Å². The molecule has 8 nitrogen and oxygen atoms in total. The fraction of sp³-hybridized carbons (Fsp3) is 0.733.